The van der Waals surface area contributed by atoms with Crippen molar-refractivity contribution in [2.24, 2.45) is 0 Å². The molecule has 0 aliphatic heterocycles. The van der Waals surface area contributed by atoms with Crippen molar-refractivity contribution in [1.82, 2.24) is 4.98 Å². The second-order valence-corrected chi connectivity index (χ2v) is 4.09. The molecule has 0 aliphatic rings. The molecule has 2 rings (SSSR count). The van der Waals surface area contributed by atoms with Crippen molar-refractivity contribution in [2.45, 2.75) is 13.2 Å². The number of aliphatic hydroxyl groups excluding tert-OH is 1. The molecular formula is C15H14N2O3. The highest BCUT2D eigenvalue weighted by Crippen LogP contribution is 2.28. The molecule has 1 N–H and O–H groups in total. The van der Waals surface area contributed by atoms with E-state index in [0.717, 1.165) is 11.1 Å². The van der Waals surface area contributed by atoms with E-state index in [0.29, 0.717) is 23.8 Å². The van der Waals surface area contributed by atoms with E-state index in [1.807, 2.05) is 6.07 Å². The van der Waals surface area contributed by atoms with Crippen LogP contribution in [0.25, 0.3) is 0 Å². The number of hydrogen-bond acceptors (Lipinski definition) is 5. The molecule has 0 unspecified atom stereocenters. The zero-order valence-corrected chi connectivity index (χ0v) is 11.0. The molecule has 102 valence electrons. The fourth-order valence-electron chi connectivity index (χ4n) is 1.72. The van der Waals surface area contributed by atoms with Gasteiger partial charge in [0.05, 0.1) is 13.7 Å². The quantitative estimate of drug-likeness (QED) is 0.899. The van der Waals surface area contributed by atoms with Crippen LogP contribution in [0, 0.1) is 11.3 Å². The summed E-state index contributed by atoms with van der Waals surface area (Å²) in [5.41, 5.74) is 1.93. The van der Waals surface area contributed by atoms with Crippen molar-refractivity contribution >= 4 is 0 Å². The first-order chi connectivity index (χ1) is 9.76. The lowest BCUT2D eigenvalue weighted by Crippen LogP contribution is -1.99. The van der Waals surface area contributed by atoms with Crippen LogP contribution in [-0.4, -0.2) is 17.2 Å². The van der Waals surface area contributed by atoms with Gasteiger partial charge in [0, 0.05) is 6.20 Å². The smallest absolute Gasteiger partial charge is 0.162 e. The van der Waals surface area contributed by atoms with Gasteiger partial charge in [-0.2, -0.15) is 5.26 Å². The number of rotatable bonds is 5. The summed E-state index contributed by atoms with van der Waals surface area (Å²) in [5.74, 6) is 1.14. The summed E-state index contributed by atoms with van der Waals surface area (Å²) >= 11 is 0. The molecule has 5 heteroatoms. The summed E-state index contributed by atoms with van der Waals surface area (Å²) < 4.78 is 10.9. The van der Waals surface area contributed by atoms with Gasteiger partial charge in [0.1, 0.15) is 18.4 Å². The van der Waals surface area contributed by atoms with Crippen molar-refractivity contribution in [1.29, 1.82) is 5.26 Å². The highest BCUT2D eigenvalue weighted by Gasteiger charge is 2.06. The zero-order valence-electron chi connectivity index (χ0n) is 11.0. The summed E-state index contributed by atoms with van der Waals surface area (Å²) in [7, 11) is 1.56. The van der Waals surface area contributed by atoms with Gasteiger partial charge in [0.2, 0.25) is 0 Å². The van der Waals surface area contributed by atoms with Gasteiger partial charge in [-0.1, -0.05) is 6.07 Å². The molecule has 5 nitrogen and oxygen atoms in total. The van der Waals surface area contributed by atoms with E-state index < -0.39 is 0 Å². The maximum atomic E-state index is 9.14. The van der Waals surface area contributed by atoms with Crippen molar-refractivity contribution in [3.8, 4) is 17.6 Å². The average Bonchev–Trinajstić information content (AvgIpc) is 2.52. The lowest BCUT2D eigenvalue weighted by molar-refractivity contribution is 0.271. The molecule has 0 radical (unpaired) electrons. The third-order valence-corrected chi connectivity index (χ3v) is 2.74. The molecule has 0 aliphatic carbocycles. The highest BCUT2D eigenvalue weighted by molar-refractivity contribution is 5.43. The molecule has 1 heterocycles. The average molecular weight is 270 g/mol. The van der Waals surface area contributed by atoms with Crippen molar-refractivity contribution in [2.75, 3.05) is 7.11 Å². The topological polar surface area (TPSA) is 75.4 Å². The van der Waals surface area contributed by atoms with Gasteiger partial charge in [0.15, 0.2) is 11.5 Å². The van der Waals surface area contributed by atoms with Crippen LogP contribution in [0.1, 0.15) is 16.8 Å². The number of ether oxygens (including phenoxy) is 2. The molecule has 0 atom stereocenters. The molecule has 0 spiro atoms. The SMILES string of the molecule is COc1ccc(CO)cc1OCc1ccnc(C#N)c1. The van der Waals surface area contributed by atoms with E-state index in [-0.39, 0.29) is 6.61 Å². The second kappa shape index (κ2) is 6.55. The molecule has 1 aromatic carbocycles. The number of methoxy groups -OCH3 is 1. The number of nitriles is 1. The first-order valence-corrected chi connectivity index (χ1v) is 6.02. The predicted octanol–water partition coefficient (Wildman–Crippen LogP) is 2.03. The van der Waals surface area contributed by atoms with Crippen LogP contribution in [0.3, 0.4) is 0 Å². The van der Waals surface area contributed by atoms with Crippen LogP contribution in [0.4, 0.5) is 0 Å². The van der Waals surface area contributed by atoms with Gasteiger partial charge in [-0.3, -0.25) is 0 Å². The predicted molar refractivity (Wildman–Crippen MR) is 72.2 cm³/mol. The Labute approximate surface area is 117 Å². The van der Waals surface area contributed by atoms with Gasteiger partial charge in [-0.25, -0.2) is 4.98 Å². The number of nitrogens with zero attached hydrogens (tertiary/aromatic N) is 2. The molecule has 0 amide bonds. The molecule has 2 aromatic rings. The number of aromatic nitrogens is 1. The highest BCUT2D eigenvalue weighted by atomic mass is 16.5. The van der Waals surface area contributed by atoms with Gasteiger partial charge >= 0.3 is 0 Å². The van der Waals surface area contributed by atoms with Crippen LogP contribution >= 0.6 is 0 Å². The summed E-state index contributed by atoms with van der Waals surface area (Å²) in [5, 5.41) is 17.9. The number of hydrogen-bond donors (Lipinski definition) is 1. The standard InChI is InChI=1S/C15H14N2O3/c1-19-14-3-2-11(9-18)7-15(14)20-10-12-4-5-17-13(6-12)8-16/h2-7,18H,9-10H2,1H3. The fraction of sp³-hybridized carbons (Fsp3) is 0.200. The summed E-state index contributed by atoms with van der Waals surface area (Å²) in [6.07, 6.45) is 1.57. The van der Waals surface area contributed by atoms with Crippen molar-refractivity contribution in [3.05, 3.63) is 53.3 Å². The molecule has 20 heavy (non-hydrogen) atoms. The van der Waals surface area contributed by atoms with E-state index in [1.165, 1.54) is 0 Å². The van der Waals surface area contributed by atoms with Crippen LogP contribution < -0.4 is 9.47 Å². The van der Waals surface area contributed by atoms with Crippen LogP contribution in [0.5, 0.6) is 11.5 Å². The molecule has 0 saturated heterocycles. The Bertz CT molecular complexity index is 635. The fourth-order valence-corrected chi connectivity index (χ4v) is 1.72. The van der Waals surface area contributed by atoms with E-state index >= 15 is 0 Å². The van der Waals surface area contributed by atoms with Gasteiger partial charge in [-0.15, -0.1) is 0 Å². The Morgan fingerprint density at radius 3 is 2.75 bits per heavy atom. The van der Waals surface area contributed by atoms with Crippen molar-refractivity contribution in [3.63, 3.8) is 0 Å². The summed E-state index contributed by atoms with van der Waals surface area (Å²) in [4.78, 5) is 3.90. The Kier molecular flexibility index (Phi) is 4.53. The molecule has 0 saturated carbocycles. The molecule has 0 fully saturated rings. The molecular weight excluding hydrogens is 256 g/mol. The lowest BCUT2D eigenvalue weighted by atomic mass is 10.2. The van der Waals surface area contributed by atoms with Gasteiger partial charge < -0.3 is 14.6 Å². The molecule has 0 bridgehead atoms. The number of aliphatic hydroxyl groups is 1. The first kappa shape index (κ1) is 13.8. The zero-order chi connectivity index (χ0) is 14.4. The minimum absolute atomic E-state index is 0.0613. The van der Waals surface area contributed by atoms with E-state index in [4.69, 9.17) is 19.8 Å². The minimum atomic E-state index is -0.0613. The maximum Gasteiger partial charge on any atom is 0.162 e. The Balaban J connectivity index is 2.15. The Morgan fingerprint density at radius 2 is 2.05 bits per heavy atom. The lowest BCUT2D eigenvalue weighted by Gasteiger charge is -2.11. The summed E-state index contributed by atoms with van der Waals surface area (Å²) in [6, 6.07) is 10.7. The first-order valence-electron chi connectivity index (χ1n) is 6.02. The van der Waals surface area contributed by atoms with Crippen LogP contribution in [-0.2, 0) is 13.2 Å². The van der Waals surface area contributed by atoms with Gasteiger partial charge in [-0.05, 0) is 35.4 Å². The third kappa shape index (κ3) is 3.25. The van der Waals surface area contributed by atoms with E-state index in [1.54, 1.807) is 43.6 Å². The maximum absolute atomic E-state index is 9.14. The van der Waals surface area contributed by atoms with E-state index in [2.05, 4.69) is 4.98 Å². The van der Waals surface area contributed by atoms with Crippen LogP contribution in [0.15, 0.2) is 36.5 Å². The number of pyridine rings is 1. The van der Waals surface area contributed by atoms with Crippen molar-refractivity contribution < 1.29 is 14.6 Å². The monoisotopic (exact) mass is 270 g/mol. The van der Waals surface area contributed by atoms with Crippen LogP contribution in [0.2, 0.25) is 0 Å². The summed E-state index contributed by atoms with van der Waals surface area (Å²) in [6.45, 7) is 0.233. The Morgan fingerprint density at radius 1 is 1.20 bits per heavy atom. The largest absolute Gasteiger partial charge is 0.493 e. The van der Waals surface area contributed by atoms with Gasteiger partial charge in [0.25, 0.3) is 0 Å². The number of benzene rings is 1. The Hall–Kier alpha value is -2.58. The second-order valence-electron chi connectivity index (χ2n) is 4.09. The van der Waals surface area contributed by atoms with E-state index in [9.17, 15) is 0 Å². The normalized spacial score (nSPS) is 9.85. The third-order valence-electron chi connectivity index (χ3n) is 2.74. The molecule has 1 aromatic heterocycles. The minimum Gasteiger partial charge on any atom is -0.493 e.